The Balaban J connectivity index is 2.44. The fraction of sp³-hybridized carbons (Fsp3) is 0.333. The zero-order valence-corrected chi connectivity index (χ0v) is 15.4. The van der Waals surface area contributed by atoms with Crippen LogP contribution >= 0.6 is 0 Å². The summed E-state index contributed by atoms with van der Waals surface area (Å²) in [6.45, 7) is 10.0. The minimum atomic E-state index is -0.399. The summed E-state index contributed by atoms with van der Waals surface area (Å²) in [5, 5.41) is 4.46. The molecule has 0 aromatic carbocycles. The van der Waals surface area contributed by atoms with Crippen LogP contribution in [0, 0.1) is 13.8 Å². The van der Waals surface area contributed by atoms with Crippen LogP contribution in [0.15, 0.2) is 40.5 Å². The summed E-state index contributed by atoms with van der Waals surface area (Å²) >= 11 is 0. The van der Waals surface area contributed by atoms with Gasteiger partial charge in [-0.3, -0.25) is 18.5 Å². The second-order valence-corrected chi connectivity index (χ2v) is 6.15. The highest BCUT2D eigenvalue weighted by Gasteiger charge is 2.21. The predicted molar refractivity (Wildman–Crippen MR) is 101 cm³/mol. The van der Waals surface area contributed by atoms with E-state index < -0.39 is 5.69 Å². The molecule has 3 heterocycles. The molecule has 0 aliphatic rings. The standard InChI is InChI=1S/C18H22N6O2/c1-6-8-10-23-16(25)14-15(21(5)18(23)26)19-17(22(14)9-7-2)24-13(4)11-12(3)20-24/h6-8,11H,2,9-10H2,1,3-5H3. The van der Waals surface area contributed by atoms with Crippen molar-refractivity contribution in [3.63, 3.8) is 0 Å². The highest BCUT2D eigenvalue weighted by atomic mass is 16.2. The van der Waals surface area contributed by atoms with Gasteiger partial charge in [-0.25, -0.2) is 9.48 Å². The lowest BCUT2D eigenvalue weighted by Crippen LogP contribution is -2.39. The van der Waals surface area contributed by atoms with Gasteiger partial charge < -0.3 is 0 Å². The van der Waals surface area contributed by atoms with E-state index in [-0.39, 0.29) is 12.1 Å². The molecule has 0 radical (unpaired) electrons. The van der Waals surface area contributed by atoms with Crippen molar-refractivity contribution < 1.29 is 0 Å². The van der Waals surface area contributed by atoms with E-state index in [1.54, 1.807) is 34.5 Å². The van der Waals surface area contributed by atoms with E-state index >= 15 is 0 Å². The van der Waals surface area contributed by atoms with E-state index in [1.165, 1.54) is 9.13 Å². The van der Waals surface area contributed by atoms with Gasteiger partial charge in [0.25, 0.3) is 5.56 Å². The minimum absolute atomic E-state index is 0.215. The molecule has 3 rings (SSSR count). The van der Waals surface area contributed by atoms with Crippen molar-refractivity contribution in [2.45, 2.75) is 33.9 Å². The Labute approximate surface area is 150 Å². The molecule has 0 N–H and O–H groups in total. The predicted octanol–water partition coefficient (Wildman–Crippen LogP) is 1.46. The molecule has 0 spiro atoms. The average Bonchev–Trinajstić information content (AvgIpc) is 3.13. The number of aromatic nitrogens is 6. The quantitative estimate of drug-likeness (QED) is 0.650. The molecule has 0 aliphatic carbocycles. The van der Waals surface area contributed by atoms with Crippen molar-refractivity contribution >= 4 is 11.2 Å². The molecule has 0 atom stereocenters. The van der Waals surface area contributed by atoms with E-state index in [2.05, 4.69) is 16.7 Å². The summed E-state index contributed by atoms with van der Waals surface area (Å²) in [7, 11) is 1.62. The number of rotatable bonds is 5. The van der Waals surface area contributed by atoms with Crippen LogP contribution in [0.25, 0.3) is 17.1 Å². The summed E-state index contributed by atoms with van der Waals surface area (Å²) in [5.74, 6) is 0.487. The number of fused-ring (bicyclic) bond motifs is 1. The lowest BCUT2D eigenvalue weighted by Gasteiger charge is -2.09. The molecular formula is C18H22N6O2. The van der Waals surface area contributed by atoms with Crippen molar-refractivity contribution in [1.82, 2.24) is 28.5 Å². The third-order valence-electron chi connectivity index (χ3n) is 4.25. The van der Waals surface area contributed by atoms with Crippen LogP contribution < -0.4 is 11.2 Å². The third kappa shape index (κ3) is 2.63. The molecule has 3 aromatic rings. The number of allylic oxidation sites excluding steroid dienone is 3. The third-order valence-corrected chi connectivity index (χ3v) is 4.25. The van der Waals surface area contributed by atoms with Gasteiger partial charge in [0.2, 0.25) is 5.95 Å². The summed E-state index contributed by atoms with van der Waals surface area (Å²) in [6, 6.07) is 1.93. The van der Waals surface area contributed by atoms with Crippen molar-refractivity contribution in [3.05, 3.63) is 63.1 Å². The molecular weight excluding hydrogens is 332 g/mol. The smallest absolute Gasteiger partial charge is 0.299 e. The Kier molecular flexibility index (Phi) is 4.50. The molecule has 0 saturated carbocycles. The Morgan fingerprint density at radius 2 is 1.92 bits per heavy atom. The van der Waals surface area contributed by atoms with Crippen LogP contribution in [0.2, 0.25) is 0 Å². The van der Waals surface area contributed by atoms with E-state index in [9.17, 15) is 9.59 Å². The Morgan fingerprint density at radius 3 is 2.50 bits per heavy atom. The van der Waals surface area contributed by atoms with Gasteiger partial charge in [-0.2, -0.15) is 10.1 Å². The molecule has 0 amide bonds. The van der Waals surface area contributed by atoms with Crippen molar-refractivity contribution in [2.75, 3.05) is 0 Å². The first-order valence-corrected chi connectivity index (χ1v) is 8.36. The van der Waals surface area contributed by atoms with E-state index in [0.717, 1.165) is 11.4 Å². The second-order valence-electron chi connectivity index (χ2n) is 6.15. The largest absolute Gasteiger partial charge is 0.332 e. The molecule has 26 heavy (non-hydrogen) atoms. The normalized spacial score (nSPS) is 11.7. The molecule has 3 aromatic heterocycles. The van der Waals surface area contributed by atoms with E-state index in [0.29, 0.717) is 23.7 Å². The first kappa shape index (κ1) is 17.7. The van der Waals surface area contributed by atoms with E-state index in [1.807, 2.05) is 26.8 Å². The van der Waals surface area contributed by atoms with Gasteiger partial charge in [0.05, 0.1) is 5.69 Å². The van der Waals surface area contributed by atoms with Gasteiger partial charge in [-0.1, -0.05) is 18.2 Å². The molecule has 0 fully saturated rings. The van der Waals surface area contributed by atoms with Gasteiger partial charge in [0, 0.05) is 25.8 Å². The van der Waals surface area contributed by atoms with Crippen molar-refractivity contribution in [3.8, 4) is 5.95 Å². The van der Waals surface area contributed by atoms with E-state index in [4.69, 9.17) is 0 Å². The fourth-order valence-electron chi connectivity index (χ4n) is 3.03. The number of aryl methyl sites for hydroxylation is 3. The van der Waals surface area contributed by atoms with Crippen LogP contribution in [0.3, 0.4) is 0 Å². The average molecular weight is 354 g/mol. The number of imidazole rings is 1. The maximum absolute atomic E-state index is 13.0. The number of hydrogen-bond donors (Lipinski definition) is 0. The molecule has 0 aliphatic heterocycles. The Hall–Kier alpha value is -3.16. The van der Waals surface area contributed by atoms with Crippen LogP contribution in [-0.2, 0) is 20.1 Å². The van der Waals surface area contributed by atoms with Crippen molar-refractivity contribution in [1.29, 1.82) is 0 Å². The molecule has 8 heteroatoms. The number of nitrogens with zero attached hydrogens (tertiary/aromatic N) is 6. The van der Waals surface area contributed by atoms with Gasteiger partial charge in [0.1, 0.15) is 0 Å². The SMILES string of the molecule is C=CCn1c(-n2nc(C)cc2C)nc2c1c(=O)n(CC=CC)c(=O)n2C. The highest BCUT2D eigenvalue weighted by Crippen LogP contribution is 2.17. The van der Waals surface area contributed by atoms with Gasteiger partial charge >= 0.3 is 5.69 Å². The Morgan fingerprint density at radius 1 is 1.19 bits per heavy atom. The van der Waals surface area contributed by atoms with Crippen LogP contribution in [-0.4, -0.2) is 28.5 Å². The summed E-state index contributed by atoms with van der Waals surface area (Å²) in [5.41, 5.74) is 1.66. The monoisotopic (exact) mass is 354 g/mol. The summed E-state index contributed by atoms with van der Waals surface area (Å²) in [4.78, 5) is 30.2. The summed E-state index contributed by atoms with van der Waals surface area (Å²) < 4.78 is 6.03. The van der Waals surface area contributed by atoms with Crippen LogP contribution in [0.5, 0.6) is 0 Å². The molecule has 136 valence electrons. The zero-order chi connectivity index (χ0) is 19.0. The maximum atomic E-state index is 13.0. The maximum Gasteiger partial charge on any atom is 0.332 e. The number of hydrogen-bond acceptors (Lipinski definition) is 4. The van der Waals surface area contributed by atoms with Crippen molar-refractivity contribution in [2.24, 2.45) is 7.05 Å². The Bertz CT molecular complexity index is 1140. The first-order valence-electron chi connectivity index (χ1n) is 8.36. The molecule has 0 saturated heterocycles. The minimum Gasteiger partial charge on any atom is -0.299 e. The van der Waals surface area contributed by atoms with Crippen LogP contribution in [0.4, 0.5) is 0 Å². The topological polar surface area (TPSA) is 79.6 Å². The zero-order valence-electron chi connectivity index (χ0n) is 15.4. The first-order chi connectivity index (χ1) is 12.4. The molecule has 0 bridgehead atoms. The second kappa shape index (κ2) is 6.62. The highest BCUT2D eigenvalue weighted by molar-refractivity contribution is 5.72. The summed E-state index contributed by atoms with van der Waals surface area (Å²) in [6.07, 6.45) is 5.26. The van der Waals surface area contributed by atoms with Gasteiger partial charge in [-0.05, 0) is 26.8 Å². The van der Waals surface area contributed by atoms with Gasteiger partial charge in [-0.15, -0.1) is 6.58 Å². The van der Waals surface area contributed by atoms with Gasteiger partial charge in [0.15, 0.2) is 11.2 Å². The molecule has 8 nitrogen and oxygen atoms in total. The molecule has 0 unspecified atom stereocenters. The lowest BCUT2D eigenvalue weighted by atomic mass is 10.4. The lowest BCUT2D eigenvalue weighted by molar-refractivity contribution is 0.662. The fourth-order valence-corrected chi connectivity index (χ4v) is 3.03. The van der Waals surface area contributed by atoms with Crippen LogP contribution in [0.1, 0.15) is 18.3 Å².